The molecule has 1 aromatic heterocycles. The summed E-state index contributed by atoms with van der Waals surface area (Å²) in [5, 5.41) is 11.0. The van der Waals surface area contributed by atoms with Gasteiger partial charge in [-0.15, -0.1) is 0 Å². The Balaban J connectivity index is 2.04. The van der Waals surface area contributed by atoms with Gasteiger partial charge in [0.2, 0.25) is 0 Å². The standard InChI is InChI=1S/C20H20N2O3S/c1-3-15-17(21-20(22-18(15)23)26-12(2)19(24)25)11-14-9-6-8-13-7-4-5-10-16(13)14/h4-10,12H,3,11H2,1-2H3,(H,24,25)(H,21,22,23). The molecule has 1 atom stereocenters. The number of aromatic amines is 1. The van der Waals surface area contributed by atoms with Crippen molar-refractivity contribution in [3.05, 3.63) is 69.6 Å². The van der Waals surface area contributed by atoms with Crippen molar-refractivity contribution in [2.75, 3.05) is 0 Å². The quantitative estimate of drug-likeness (QED) is 0.513. The van der Waals surface area contributed by atoms with Crippen molar-refractivity contribution < 1.29 is 9.90 Å². The number of aliphatic carboxylic acids is 1. The molecule has 0 aliphatic heterocycles. The number of nitrogens with zero attached hydrogens (tertiary/aromatic N) is 1. The average Bonchev–Trinajstić information content (AvgIpc) is 2.62. The first-order chi connectivity index (χ1) is 12.5. The lowest BCUT2D eigenvalue weighted by Crippen LogP contribution is -2.20. The number of thioether (sulfide) groups is 1. The summed E-state index contributed by atoms with van der Waals surface area (Å²) >= 11 is 1.05. The van der Waals surface area contributed by atoms with Crippen LogP contribution in [0.1, 0.15) is 30.7 Å². The number of carboxylic acids is 1. The highest BCUT2D eigenvalue weighted by Crippen LogP contribution is 2.24. The van der Waals surface area contributed by atoms with Crippen molar-refractivity contribution in [1.82, 2.24) is 9.97 Å². The molecule has 2 aromatic carbocycles. The summed E-state index contributed by atoms with van der Waals surface area (Å²) in [6.45, 7) is 3.50. The van der Waals surface area contributed by atoms with E-state index < -0.39 is 11.2 Å². The first-order valence-electron chi connectivity index (χ1n) is 8.47. The van der Waals surface area contributed by atoms with Gasteiger partial charge in [0.15, 0.2) is 5.16 Å². The van der Waals surface area contributed by atoms with E-state index >= 15 is 0 Å². The van der Waals surface area contributed by atoms with Crippen LogP contribution in [0, 0.1) is 0 Å². The van der Waals surface area contributed by atoms with E-state index in [2.05, 4.69) is 28.2 Å². The van der Waals surface area contributed by atoms with Gasteiger partial charge in [0, 0.05) is 12.0 Å². The third-order valence-corrected chi connectivity index (χ3v) is 5.28. The predicted molar refractivity (Wildman–Crippen MR) is 104 cm³/mol. The van der Waals surface area contributed by atoms with Gasteiger partial charge in [-0.3, -0.25) is 9.59 Å². The van der Waals surface area contributed by atoms with Crippen LogP contribution in [-0.4, -0.2) is 26.3 Å². The Labute approximate surface area is 155 Å². The van der Waals surface area contributed by atoms with Gasteiger partial charge >= 0.3 is 5.97 Å². The highest BCUT2D eigenvalue weighted by atomic mass is 32.2. The number of rotatable bonds is 6. The van der Waals surface area contributed by atoms with Crippen molar-refractivity contribution in [2.45, 2.75) is 37.1 Å². The van der Waals surface area contributed by atoms with Gasteiger partial charge in [-0.2, -0.15) is 0 Å². The van der Waals surface area contributed by atoms with Crippen LogP contribution in [0.4, 0.5) is 0 Å². The molecule has 1 unspecified atom stereocenters. The highest BCUT2D eigenvalue weighted by molar-refractivity contribution is 8.00. The second-order valence-corrected chi connectivity index (χ2v) is 7.39. The molecule has 0 radical (unpaired) electrons. The smallest absolute Gasteiger partial charge is 0.316 e. The van der Waals surface area contributed by atoms with Crippen LogP contribution in [0.25, 0.3) is 10.8 Å². The van der Waals surface area contributed by atoms with E-state index in [1.54, 1.807) is 6.92 Å². The van der Waals surface area contributed by atoms with Crippen LogP contribution in [-0.2, 0) is 17.6 Å². The lowest BCUT2D eigenvalue weighted by molar-refractivity contribution is -0.136. The number of benzene rings is 2. The molecule has 0 aliphatic rings. The Morgan fingerprint density at radius 1 is 1.23 bits per heavy atom. The Kier molecular flexibility index (Phi) is 5.42. The predicted octanol–water partition coefficient (Wildman–Crippen LogP) is 3.64. The van der Waals surface area contributed by atoms with Gasteiger partial charge in [0.25, 0.3) is 5.56 Å². The summed E-state index contributed by atoms with van der Waals surface area (Å²) < 4.78 is 0. The molecule has 0 aliphatic carbocycles. The second-order valence-electron chi connectivity index (χ2n) is 6.06. The SMILES string of the molecule is CCc1c(Cc2cccc3ccccc23)nc(SC(C)C(=O)O)[nH]c1=O. The maximum Gasteiger partial charge on any atom is 0.316 e. The van der Waals surface area contributed by atoms with Gasteiger partial charge in [-0.25, -0.2) is 4.98 Å². The number of fused-ring (bicyclic) bond motifs is 1. The molecule has 1 heterocycles. The molecule has 6 heteroatoms. The van der Waals surface area contributed by atoms with Crippen LogP contribution < -0.4 is 5.56 Å². The summed E-state index contributed by atoms with van der Waals surface area (Å²) in [4.78, 5) is 30.8. The molecule has 0 bridgehead atoms. The number of aromatic nitrogens is 2. The van der Waals surface area contributed by atoms with Crippen LogP contribution in [0.2, 0.25) is 0 Å². The molecular formula is C20H20N2O3S. The van der Waals surface area contributed by atoms with E-state index in [-0.39, 0.29) is 5.56 Å². The van der Waals surface area contributed by atoms with Gasteiger partial charge in [0.05, 0.1) is 5.69 Å². The van der Waals surface area contributed by atoms with Crippen LogP contribution in [0.15, 0.2) is 52.4 Å². The number of H-pyrrole nitrogens is 1. The Morgan fingerprint density at radius 3 is 2.69 bits per heavy atom. The van der Waals surface area contributed by atoms with Gasteiger partial charge in [0.1, 0.15) is 5.25 Å². The second kappa shape index (κ2) is 7.74. The molecule has 3 aromatic rings. The molecule has 134 valence electrons. The Bertz CT molecular complexity index is 1010. The minimum absolute atomic E-state index is 0.196. The molecule has 3 rings (SSSR count). The number of carboxylic acid groups (broad SMARTS) is 1. The third-order valence-electron chi connectivity index (χ3n) is 4.31. The fraction of sp³-hybridized carbons (Fsp3) is 0.250. The van der Waals surface area contributed by atoms with Crippen LogP contribution >= 0.6 is 11.8 Å². The Hall–Kier alpha value is -2.60. The normalized spacial score (nSPS) is 12.2. The minimum atomic E-state index is -0.937. The fourth-order valence-electron chi connectivity index (χ4n) is 2.93. The molecule has 0 fully saturated rings. The molecular weight excluding hydrogens is 348 g/mol. The lowest BCUT2D eigenvalue weighted by atomic mass is 9.99. The third kappa shape index (κ3) is 3.80. The van der Waals surface area contributed by atoms with Crippen molar-refractivity contribution in [3.8, 4) is 0 Å². The van der Waals surface area contributed by atoms with Gasteiger partial charge in [-0.05, 0) is 29.7 Å². The zero-order valence-electron chi connectivity index (χ0n) is 14.7. The van der Waals surface area contributed by atoms with Crippen LogP contribution in [0.3, 0.4) is 0 Å². The van der Waals surface area contributed by atoms with Crippen molar-refractivity contribution >= 4 is 28.5 Å². The molecule has 0 saturated heterocycles. The Morgan fingerprint density at radius 2 is 1.96 bits per heavy atom. The van der Waals surface area contributed by atoms with E-state index in [1.807, 2.05) is 31.2 Å². The topological polar surface area (TPSA) is 83.0 Å². The summed E-state index contributed by atoms with van der Waals surface area (Å²) in [6, 6.07) is 14.2. The first-order valence-corrected chi connectivity index (χ1v) is 9.35. The van der Waals surface area contributed by atoms with E-state index in [4.69, 9.17) is 5.11 Å². The molecule has 0 saturated carbocycles. The van der Waals surface area contributed by atoms with Gasteiger partial charge < -0.3 is 10.1 Å². The average molecular weight is 368 g/mol. The summed E-state index contributed by atoms with van der Waals surface area (Å²) in [5.41, 5.74) is 2.24. The molecule has 26 heavy (non-hydrogen) atoms. The number of hydrogen-bond donors (Lipinski definition) is 2. The highest BCUT2D eigenvalue weighted by Gasteiger charge is 2.17. The first kappa shape index (κ1) is 18.2. The zero-order valence-corrected chi connectivity index (χ0v) is 15.5. The fourth-order valence-corrected chi connectivity index (χ4v) is 3.68. The maximum absolute atomic E-state index is 12.4. The van der Waals surface area contributed by atoms with E-state index in [0.717, 1.165) is 28.1 Å². The number of hydrogen-bond acceptors (Lipinski definition) is 4. The molecule has 0 spiro atoms. The van der Waals surface area contributed by atoms with Crippen LogP contribution in [0.5, 0.6) is 0 Å². The van der Waals surface area contributed by atoms with Gasteiger partial charge in [-0.1, -0.05) is 61.2 Å². The summed E-state index contributed by atoms with van der Waals surface area (Å²) in [5.74, 6) is -0.937. The largest absolute Gasteiger partial charge is 0.480 e. The lowest BCUT2D eigenvalue weighted by Gasteiger charge is -2.12. The van der Waals surface area contributed by atoms with Crippen molar-refractivity contribution in [3.63, 3.8) is 0 Å². The van der Waals surface area contributed by atoms with Crippen molar-refractivity contribution in [2.24, 2.45) is 0 Å². The zero-order chi connectivity index (χ0) is 18.7. The molecule has 5 nitrogen and oxygen atoms in total. The molecule has 0 amide bonds. The van der Waals surface area contributed by atoms with E-state index in [9.17, 15) is 9.59 Å². The number of nitrogens with one attached hydrogen (secondary N) is 1. The minimum Gasteiger partial charge on any atom is -0.480 e. The van der Waals surface area contributed by atoms with E-state index in [1.165, 1.54) is 0 Å². The summed E-state index contributed by atoms with van der Waals surface area (Å²) in [6.07, 6.45) is 1.10. The van der Waals surface area contributed by atoms with E-state index in [0.29, 0.717) is 29.3 Å². The molecule has 2 N–H and O–H groups in total. The number of carbonyl (C=O) groups is 1. The van der Waals surface area contributed by atoms with Crippen molar-refractivity contribution in [1.29, 1.82) is 0 Å². The summed E-state index contributed by atoms with van der Waals surface area (Å²) in [7, 11) is 0. The monoisotopic (exact) mass is 368 g/mol. The maximum atomic E-state index is 12.4.